The Kier molecular flexibility index (Phi) is 6.12. The molecule has 0 radical (unpaired) electrons. The van der Waals surface area contributed by atoms with Gasteiger partial charge in [-0.1, -0.05) is 5.21 Å². The molecule has 0 aliphatic heterocycles. The Labute approximate surface area is 180 Å². The zero-order valence-corrected chi connectivity index (χ0v) is 17.4. The van der Waals surface area contributed by atoms with Crippen LogP contribution in [0.4, 0.5) is 8.78 Å². The Morgan fingerprint density at radius 3 is 2.48 bits per heavy atom. The summed E-state index contributed by atoms with van der Waals surface area (Å²) in [6.45, 7) is 1.88. The van der Waals surface area contributed by atoms with Crippen LogP contribution in [0.2, 0.25) is 0 Å². The van der Waals surface area contributed by atoms with Gasteiger partial charge in [-0.3, -0.25) is 0 Å². The average Bonchev–Trinajstić information content (AvgIpc) is 3.18. The molecule has 11 heteroatoms. The topological polar surface area (TPSA) is 91.5 Å². The van der Waals surface area contributed by atoms with Gasteiger partial charge in [-0.15, -0.1) is 27.1 Å². The molecule has 0 aliphatic carbocycles. The lowest BCUT2D eigenvalue weighted by Gasteiger charge is -2.09. The molecular formula is C20H17F2N7OS. The van der Waals surface area contributed by atoms with Crippen molar-refractivity contribution in [2.24, 2.45) is 0 Å². The van der Waals surface area contributed by atoms with Gasteiger partial charge in [0, 0.05) is 29.6 Å². The molecule has 0 fully saturated rings. The van der Waals surface area contributed by atoms with Gasteiger partial charge >= 0.3 is 0 Å². The fourth-order valence-corrected chi connectivity index (χ4v) is 3.09. The van der Waals surface area contributed by atoms with Crippen LogP contribution >= 0.6 is 11.8 Å². The molecule has 0 aromatic carbocycles. The van der Waals surface area contributed by atoms with Crippen LogP contribution in [-0.4, -0.2) is 41.4 Å². The van der Waals surface area contributed by atoms with Gasteiger partial charge in [-0.05, 0) is 43.5 Å². The maximum Gasteiger partial charge on any atom is 0.265 e. The van der Waals surface area contributed by atoms with Crippen molar-refractivity contribution in [2.75, 3.05) is 6.26 Å². The number of aromatic nitrogens is 7. The second kappa shape index (κ2) is 9.13. The van der Waals surface area contributed by atoms with E-state index >= 15 is 0 Å². The Balaban J connectivity index is 1.47. The number of halogens is 2. The molecule has 0 saturated carbocycles. The number of ether oxygens (including phenoxy) is 1. The number of pyridine rings is 2. The van der Waals surface area contributed by atoms with E-state index in [1.165, 1.54) is 16.8 Å². The molecule has 4 rings (SSSR count). The normalized spacial score (nSPS) is 11.1. The first-order valence-electron chi connectivity index (χ1n) is 9.17. The van der Waals surface area contributed by atoms with Crippen LogP contribution in [0.1, 0.15) is 23.4 Å². The molecule has 4 aromatic heterocycles. The predicted octanol–water partition coefficient (Wildman–Crippen LogP) is 4.06. The van der Waals surface area contributed by atoms with Crippen LogP contribution in [0.5, 0.6) is 5.88 Å². The first-order valence-corrected chi connectivity index (χ1v) is 10.4. The summed E-state index contributed by atoms with van der Waals surface area (Å²) in [5.74, 6) is 0.692. The molecule has 31 heavy (non-hydrogen) atoms. The largest absolute Gasteiger partial charge is 0.470 e. The molecule has 0 spiro atoms. The standard InChI is InChI=1S/C20H17F2N7OS/c1-12-16(29(28-25-12)17-6-3-14(10-23-17)20(21)22)11-30-18-7-5-15(26-27-18)13-4-8-19(31-2)24-9-13/h3-10,20H,11H2,1-2H3. The molecule has 0 bridgehead atoms. The number of aryl methyl sites for hydroxylation is 1. The van der Waals surface area contributed by atoms with Crippen molar-refractivity contribution in [2.45, 2.75) is 25.0 Å². The van der Waals surface area contributed by atoms with Crippen molar-refractivity contribution in [1.29, 1.82) is 0 Å². The van der Waals surface area contributed by atoms with Crippen molar-refractivity contribution in [3.05, 3.63) is 65.7 Å². The Bertz CT molecular complexity index is 1150. The summed E-state index contributed by atoms with van der Waals surface area (Å²) < 4.78 is 32.7. The van der Waals surface area contributed by atoms with Gasteiger partial charge in [-0.25, -0.2) is 18.7 Å². The highest BCUT2D eigenvalue weighted by Crippen LogP contribution is 2.21. The van der Waals surface area contributed by atoms with Crippen molar-refractivity contribution in [3.63, 3.8) is 0 Å². The Morgan fingerprint density at radius 2 is 1.87 bits per heavy atom. The summed E-state index contributed by atoms with van der Waals surface area (Å²) >= 11 is 1.57. The lowest BCUT2D eigenvalue weighted by Crippen LogP contribution is -2.09. The highest BCUT2D eigenvalue weighted by Gasteiger charge is 2.15. The number of hydrogen-bond acceptors (Lipinski definition) is 8. The number of nitrogens with zero attached hydrogens (tertiary/aromatic N) is 7. The number of hydrogen-bond donors (Lipinski definition) is 0. The SMILES string of the molecule is CSc1ccc(-c2ccc(OCc3c(C)nnn3-c3ccc(C(F)F)cn3)nn2)cn1. The smallest absolute Gasteiger partial charge is 0.265 e. The van der Waals surface area contributed by atoms with E-state index in [1.807, 2.05) is 18.4 Å². The fourth-order valence-electron chi connectivity index (χ4n) is 2.72. The van der Waals surface area contributed by atoms with Crippen LogP contribution < -0.4 is 4.74 Å². The molecule has 4 aromatic rings. The minimum absolute atomic E-state index is 0.106. The first-order chi connectivity index (χ1) is 15.0. The Hall–Kier alpha value is -3.47. The van der Waals surface area contributed by atoms with E-state index in [2.05, 4.69) is 30.5 Å². The number of alkyl halides is 2. The monoisotopic (exact) mass is 441 g/mol. The summed E-state index contributed by atoms with van der Waals surface area (Å²) in [4.78, 5) is 8.38. The van der Waals surface area contributed by atoms with E-state index in [4.69, 9.17) is 4.74 Å². The van der Waals surface area contributed by atoms with Crippen LogP contribution in [0.25, 0.3) is 17.1 Å². The zero-order chi connectivity index (χ0) is 21.8. The van der Waals surface area contributed by atoms with Crippen molar-refractivity contribution < 1.29 is 13.5 Å². The lowest BCUT2D eigenvalue weighted by atomic mass is 10.2. The molecule has 0 N–H and O–H groups in total. The second-order valence-corrected chi connectivity index (χ2v) is 7.25. The molecule has 0 atom stereocenters. The van der Waals surface area contributed by atoms with Crippen molar-refractivity contribution >= 4 is 11.8 Å². The molecule has 158 valence electrons. The van der Waals surface area contributed by atoms with Gasteiger partial charge in [0.25, 0.3) is 6.43 Å². The van der Waals surface area contributed by atoms with Gasteiger partial charge in [0.1, 0.15) is 12.3 Å². The van der Waals surface area contributed by atoms with E-state index in [-0.39, 0.29) is 12.2 Å². The van der Waals surface area contributed by atoms with E-state index in [1.54, 1.807) is 37.0 Å². The molecule has 4 heterocycles. The summed E-state index contributed by atoms with van der Waals surface area (Å²) in [5, 5.41) is 17.3. The van der Waals surface area contributed by atoms with E-state index < -0.39 is 6.43 Å². The maximum atomic E-state index is 12.8. The van der Waals surface area contributed by atoms with Crippen molar-refractivity contribution in [1.82, 2.24) is 35.2 Å². The first kappa shape index (κ1) is 20.8. The maximum absolute atomic E-state index is 12.8. The minimum Gasteiger partial charge on any atom is -0.470 e. The quantitative estimate of drug-likeness (QED) is 0.397. The van der Waals surface area contributed by atoms with Crippen LogP contribution in [-0.2, 0) is 6.61 Å². The third-order valence-corrected chi connectivity index (χ3v) is 5.10. The molecular weight excluding hydrogens is 424 g/mol. The van der Waals surface area contributed by atoms with Crippen LogP contribution in [0.15, 0.2) is 53.8 Å². The summed E-state index contributed by atoms with van der Waals surface area (Å²) in [6.07, 6.45) is 2.25. The van der Waals surface area contributed by atoms with E-state index in [9.17, 15) is 8.78 Å². The zero-order valence-electron chi connectivity index (χ0n) is 16.6. The molecule has 0 amide bonds. The van der Waals surface area contributed by atoms with Crippen molar-refractivity contribution in [3.8, 4) is 23.0 Å². The number of rotatable bonds is 7. The van der Waals surface area contributed by atoms with Gasteiger partial charge in [0.2, 0.25) is 5.88 Å². The summed E-state index contributed by atoms with van der Waals surface area (Å²) in [6, 6.07) is 10.1. The van der Waals surface area contributed by atoms with Gasteiger partial charge in [0.15, 0.2) is 5.82 Å². The van der Waals surface area contributed by atoms with E-state index in [0.29, 0.717) is 28.8 Å². The highest BCUT2D eigenvalue weighted by atomic mass is 32.2. The molecule has 8 nitrogen and oxygen atoms in total. The second-order valence-electron chi connectivity index (χ2n) is 6.42. The van der Waals surface area contributed by atoms with Crippen LogP contribution in [0, 0.1) is 6.92 Å². The third-order valence-electron chi connectivity index (χ3n) is 4.44. The number of thioether (sulfide) groups is 1. The van der Waals surface area contributed by atoms with Gasteiger partial charge in [0.05, 0.1) is 16.4 Å². The molecule has 0 aliphatic rings. The minimum atomic E-state index is -2.58. The lowest BCUT2D eigenvalue weighted by molar-refractivity contribution is 0.151. The van der Waals surface area contributed by atoms with Gasteiger partial charge in [-0.2, -0.15) is 4.68 Å². The van der Waals surface area contributed by atoms with E-state index in [0.717, 1.165) is 16.8 Å². The highest BCUT2D eigenvalue weighted by molar-refractivity contribution is 7.98. The molecule has 0 unspecified atom stereocenters. The summed E-state index contributed by atoms with van der Waals surface area (Å²) in [7, 11) is 0. The average molecular weight is 441 g/mol. The third kappa shape index (κ3) is 4.66. The van der Waals surface area contributed by atoms with Crippen LogP contribution in [0.3, 0.4) is 0 Å². The summed E-state index contributed by atoms with van der Waals surface area (Å²) in [5.41, 5.74) is 2.63. The predicted molar refractivity (Wildman–Crippen MR) is 110 cm³/mol. The Morgan fingerprint density at radius 1 is 1.00 bits per heavy atom. The molecule has 0 saturated heterocycles. The van der Waals surface area contributed by atoms with Gasteiger partial charge < -0.3 is 4.74 Å². The fraction of sp³-hybridized carbons (Fsp3) is 0.200.